The predicted octanol–water partition coefficient (Wildman–Crippen LogP) is 2.55. The number of fused-ring (bicyclic) bond motifs is 1. The third-order valence-electron chi connectivity index (χ3n) is 4.49. The summed E-state index contributed by atoms with van der Waals surface area (Å²) in [7, 11) is 1.83. The number of aryl methyl sites for hydroxylation is 1. The monoisotopic (exact) mass is 351 g/mol. The fourth-order valence-corrected chi connectivity index (χ4v) is 3.16. The minimum absolute atomic E-state index is 0.0640. The zero-order chi connectivity index (χ0) is 18.1. The second kappa shape index (κ2) is 6.59. The molecule has 1 aliphatic heterocycles. The van der Waals surface area contributed by atoms with Crippen LogP contribution in [-0.2, 0) is 24.8 Å². The molecule has 0 saturated carbocycles. The van der Waals surface area contributed by atoms with Crippen LogP contribution in [0.2, 0.25) is 0 Å². The molecule has 132 valence electrons. The number of aromatic nitrogens is 4. The Labute approximate surface area is 149 Å². The highest BCUT2D eigenvalue weighted by Crippen LogP contribution is 2.28. The molecule has 6 nitrogen and oxygen atoms in total. The highest BCUT2D eigenvalue weighted by molar-refractivity contribution is 5.92. The molecule has 2 aromatic heterocycles. The standard InChI is InChI=1S/C19H18FN5O/c1-24-11-13(10-21-24)5-6-18(26)25-8-7-17-16(12-25)19(23-22-17)14-3-2-4-15(20)9-14/h2-6,9-11H,7-8,12H2,1H3,(H,22,23)/b6-5+. The molecule has 1 aliphatic rings. The number of halogens is 1. The van der Waals surface area contributed by atoms with Crippen molar-refractivity contribution in [1.82, 2.24) is 24.9 Å². The molecule has 1 amide bonds. The molecule has 0 unspecified atom stereocenters. The Hall–Kier alpha value is -3.22. The lowest BCUT2D eigenvalue weighted by Crippen LogP contribution is -2.34. The van der Waals surface area contributed by atoms with Crippen molar-refractivity contribution in [2.45, 2.75) is 13.0 Å². The van der Waals surface area contributed by atoms with Gasteiger partial charge in [-0.15, -0.1) is 0 Å². The quantitative estimate of drug-likeness (QED) is 0.738. The average molecular weight is 351 g/mol. The smallest absolute Gasteiger partial charge is 0.246 e. The predicted molar refractivity (Wildman–Crippen MR) is 95.3 cm³/mol. The maximum atomic E-state index is 13.5. The Morgan fingerprint density at radius 3 is 3.04 bits per heavy atom. The first-order chi connectivity index (χ1) is 12.6. The number of carbonyl (C=O) groups is 1. The summed E-state index contributed by atoms with van der Waals surface area (Å²) < 4.78 is 15.2. The van der Waals surface area contributed by atoms with Gasteiger partial charge in [0.25, 0.3) is 0 Å². The summed E-state index contributed by atoms with van der Waals surface area (Å²) in [6, 6.07) is 6.35. The molecule has 3 heterocycles. The fraction of sp³-hybridized carbons (Fsp3) is 0.211. The van der Waals surface area contributed by atoms with Gasteiger partial charge in [-0.1, -0.05) is 12.1 Å². The summed E-state index contributed by atoms with van der Waals surface area (Å²) >= 11 is 0. The summed E-state index contributed by atoms with van der Waals surface area (Å²) in [5.74, 6) is -0.367. The molecule has 3 aromatic rings. The number of amides is 1. The number of aromatic amines is 1. The lowest BCUT2D eigenvalue weighted by molar-refractivity contribution is -0.126. The van der Waals surface area contributed by atoms with Crippen LogP contribution in [0.5, 0.6) is 0 Å². The van der Waals surface area contributed by atoms with Crippen molar-refractivity contribution >= 4 is 12.0 Å². The van der Waals surface area contributed by atoms with Crippen LogP contribution in [0.1, 0.15) is 16.8 Å². The zero-order valence-corrected chi connectivity index (χ0v) is 14.3. The van der Waals surface area contributed by atoms with E-state index in [9.17, 15) is 9.18 Å². The molecule has 1 N–H and O–H groups in total. The maximum Gasteiger partial charge on any atom is 0.246 e. The molecule has 26 heavy (non-hydrogen) atoms. The number of rotatable bonds is 3. The lowest BCUT2D eigenvalue weighted by Gasteiger charge is -2.26. The van der Waals surface area contributed by atoms with E-state index >= 15 is 0 Å². The van der Waals surface area contributed by atoms with Gasteiger partial charge in [0.05, 0.1) is 11.9 Å². The number of hydrogen-bond acceptors (Lipinski definition) is 3. The van der Waals surface area contributed by atoms with Crippen LogP contribution in [-0.4, -0.2) is 37.3 Å². The second-order valence-corrected chi connectivity index (χ2v) is 6.33. The third kappa shape index (κ3) is 3.15. The third-order valence-corrected chi connectivity index (χ3v) is 4.49. The van der Waals surface area contributed by atoms with Gasteiger partial charge in [-0.25, -0.2) is 4.39 Å². The van der Waals surface area contributed by atoms with Crippen molar-refractivity contribution in [2.75, 3.05) is 6.54 Å². The van der Waals surface area contributed by atoms with E-state index in [4.69, 9.17) is 0 Å². The van der Waals surface area contributed by atoms with Crippen molar-refractivity contribution in [1.29, 1.82) is 0 Å². The Morgan fingerprint density at radius 1 is 1.38 bits per heavy atom. The van der Waals surface area contributed by atoms with E-state index < -0.39 is 0 Å². The lowest BCUT2D eigenvalue weighted by atomic mass is 10.0. The van der Waals surface area contributed by atoms with Crippen LogP contribution in [0.15, 0.2) is 42.7 Å². The molecule has 0 fully saturated rings. The molecule has 0 spiro atoms. The van der Waals surface area contributed by atoms with Gasteiger partial charge >= 0.3 is 0 Å². The fourth-order valence-electron chi connectivity index (χ4n) is 3.16. The number of nitrogens with zero attached hydrogens (tertiary/aromatic N) is 4. The number of benzene rings is 1. The molecule has 0 atom stereocenters. The van der Waals surface area contributed by atoms with E-state index in [-0.39, 0.29) is 11.7 Å². The molecule has 7 heteroatoms. The molecule has 4 rings (SSSR count). The van der Waals surface area contributed by atoms with Gasteiger partial charge in [0.1, 0.15) is 5.82 Å². The van der Waals surface area contributed by atoms with Gasteiger partial charge < -0.3 is 4.90 Å². The average Bonchev–Trinajstić information content (AvgIpc) is 3.25. The highest BCUT2D eigenvalue weighted by atomic mass is 19.1. The van der Waals surface area contributed by atoms with Crippen LogP contribution in [0, 0.1) is 5.82 Å². The Kier molecular flexibility index (Phi) is 4.12. The van der Waals surface area contributed by atoms with Gasteiger partial charge in [0, 0.05) is 61.2 Å². The van der Waals surface area contributed by atoms with Crippen LogP contribution < -0.4 is 0 Å². The van der Waals surface area contributed by atoms with E-state index in [1.807, 2.05) is 19.3 Å². The van der Waals surface area contributed by atoms with Crippen molar-refractivity contribution in [3.05, 3.63) is 65.4 Å². The van der Waals surface area contributed by atoms with Crippen LogP contribution >= 0.6 is 0 Å². The summed E-state index contributed by atoms with van der Waals surface area (Å²) in [6.07, 6.45) is 7.56. The minimum Gasteiger partial charge on any atom is -0.334 e. The summed E-state index contributed by atoms with van der Waals surface area (Å²) in [5, 5.41) is 11.4. The van der Waals surface area contributed by atoms with Gasteiger partial charge in [-0.05, 0) is 18.2 Å². The number of H-pyrrole nitrogens is 1. The van der Waals surface area contributed by atoms with Crippen molar-refractivity contribution in [2.24, 2.45) is 7.05 Å². The number of carbonyl (C=O) groups excluding carboxylic acids is 1. The van der Waals surface area contributed by atoms with Gasteiger partial charge in [0.2, 0.25) is 5.91 Å². The van der Waals surface area contributed by atoms with Gasteiger partial charge in [-0.3, -0.25) is 14.6 Å². The molecule has 0 bridgehead atoms. The Morgan fingerprint density at radius 2 is 2.27 bits per heavy atom. The molecular formula is C19H18FN5O. The minimum atomic E-state index is -0.303. The van der Waals surface area contributed by atoms with E-state index in [0.717, 1.165) is 16.8 Å². The first-order valence-electron chi connectivity index (χ1n) is 8.38. The summed E-state index contributed by atoms with van der Waals surface area (Å²) in [6.45, 7) is 1.07. The molecule has 1 aromatic carbocycles. The molecule has 0 aliphatic carbocycles. The summed E-state index contributed by atoms with van der Waals surface area (Å²) in [4.78, 5) is 14.3. The summed E-state index contributed by atoms with van der Waals surface area (Å²) in [5.41, 5.74) is 4.24. The highest BCUT2D eigenvalue weighted by Gasteiger charge is 2.24. The topological polar surface area (TPSA) is 66.8 Å². The van der Waals surface area contributed by atoms with Gasteiger partial charge in [-0.2, -0.15) is 10.2 Å². The number of hydrogen-bond donors (Lipinski definition) is 1. The van der Waals surface area contributed by atoms with E-state index in [0.29, 0.717) is 30.8 Å². The maximum absolute atomic E-state index is 13.5. The van der Waals surface area contributed by atoms with Crippen LogP contribution in [0.4, 0.5) is 4.39 Å². The molecule has 0 saturated heterocycles. The van der Waals surface area contributed by atoms with Crippen LogP contribution in [0.25, 0.3) is 17.3 Å². The van der Waals surface area contributed by atoms with Crippen molar-refractivity contribution in [3.8, 4) is 11.3 Å². The second-order valence-electron chi connectivity index (χ2n) is 6.33. The largest absolute Gasteiger partial charge is 0.334 e. The van der Waals surface area contributed by atoms with Crippen molar-refractivity contribution in [3.63, 3.8) is 0 Å². The van der Waals surface area contributed by atoms with Crippen molar-refractivity contribution < 1.29 is 9.18 Å². The molecule has 0 radical (unpaired) electrons. The van der Waals surface area contributed by atoms with Gasteiger partial charge in [0.15, 0.2) is 0 Å². The zero-order valence-electron chi connectivity index (χ0n) is 14.3. The normalized spacial score (nSPS) is 14.0. The van der Waals surface area contributed by atoms with E-state index in [1.165, 1.54) is 12.1 Å². The first-order valence-corrected chi connectivity index (χ1v) is 8.38. The molecular weight excluding hydrogens is 333 g/mol. The number of nitrogens with one attached hydrogen (secondary N) is 1. The Balaban J connectivity index is 1.54. The van der Waals surface area contributed by atoms with E-state index in [1.54, 1.807) is 34.0 Å². The Bertz CT molecular complexity index is 987. The SMILES string of the molecule is Cn1cc(/C=C/C(=O)N2CCc3[nH]nc(-c4cccc(F)c4)c3C2)cn1. The van der Waals surface area contributed by atoms with Crippen LogP contribution in [0.3, 0.4) is 0 Å². The van der Waals surface area contributed by atoms with E-state index in [2.05, 4.69) is 15.3 Å². The first kappa shape index (κ1) is 16.3.